The fraction of sp³-hybridized carbons (Fsp3) is 0.310. The molecule has 43 heavy (non-hydrogen) atoms. The number of H-pyrrole nitrogens is 1. The summed E-state index contributed by atoms with van der Waals surface area (Å²) in [6.45, 7) is 0. The first-order chi connectivity index (χ1) is 20.4. The summed E-state index contributed by atoms with van der Waals surface area (Å²) in [5, 5.41) is 27.0. The van der Waals surface area contributed by atoms with Gasteiger partial charge < -0.3 is 42.6 Å². The molecule has 0 saturated heterocycles. The first-order valence-corrected chi connectivity index (χ1v) is 13.4. The fourth-order valence-corrected chi connectivity index (χ4v) is 4.45. The third-order valence-electron chi connectivity index (χ3n) is 6.67. The van der Waals surface area contributed by atoms with Gasteiger partial charge in [-0.3, -0.25) is 24.0 Å². The van der Waals surface area contributed by atoms with E-state index in [0.29, 0.717) is 11.1 Å². The Hall–Kier alpha value is -5.24. The van der Waals surface area contributed by atoms with Crippen molar-refractivity contribution in [3.63, 3.8) is 0 Å². The van der Waals surface area contributed by atoms with E-state index in [2.05, 4.69) is 20.9 Å². The van der Waals surface area contributed by atoms with Crippen LogP contribution in [0.5, 0.6) is 0 Å². The Kier molecular flexibility index (Phi) is 11.3. The zero-order valence-electron chi connectivity index (χ0n) is 23.1. The number of fused-ring (bicyclic) bond motifs is 1. The van der Waals surface area contributed by atoms with E-state index in [4.69, 9.17) is 11.5 Å². The standard InChI is InChI=1S/C29H34N6O8/c30-19(14-24(31)36)26(39)34-22(13-17-15-32-20-9-5-4-8-18(17)20)28(41)33-21(10-11-25(37)38)27(40)35-23(29(42)43)12-16-6-2-1-3-7-16/h1-9,15,19,21-23,32H,10-14,30H2,(H2,31,36)(H,33,41)(H,34,39)(H,35,40)(H,37,38)(H,42,43). The number of nitrogens with two attached hydrogens (primary N) is 2. The number of aliphatic carboxylic acids is 2. The molecule has 0 aliphatic rings. The van der Waals surface area contributed by atoms with E-state index in [9.17, 15) is 39.0 Å². The molecule has 14 heteroatoms. The highest BCUT2D eigenvalue weighted by atomic mass is 16.4. The van der Waals surface area contributed by atoms with Crippen LogP contribution in [0.2, 0.25) is 0 Å². The molecule has 14 nitrogen and oxygen atoms in total. The largest absolute Gasteiger partial charge is 0.481 e. The Morgan fingerprint density at radius 1 is 0.767 bits per heavy atom. The van der Waals surface area contributed by atoms with E-state index in [1.54, 1.807) is 48.7 Å². The smallest absolute Gasteiger partial charge is 0.326 e. The van der Waals surface area contributed by atoms with E-state index in [-0.39, 0.29) is 19.3 Å². The van der Waals surface area contributed by atoms with E-state index in [1.165, 1.54) is 0 Å². The lowest BCUT2D eigenvalue weighted by molar-refractivity contribution is -0.143. The molecule has 10 N–H and O–H groups in total. The molecule has 4 atom stereocenters. The van der Waals surface area contributed by atoms with Crippen LogP contribution in [0.4, 0.5) is 0 Å². The molecule has 0 radical (unpaired) electrons. The molecule has 0 aliphatic carbocycles. The summed E-state index contributed by atoms with van der Waals surface area (Å²) in [7, 11) is 0. The molecule has 0 saturated carbocycles. The summed E-state index contributed by atoms with van der Waals surface area (Å²) >= 11 is 0. The van der Waals surface area contributed by atoms with Crippen LogP contribution in [0.1, 0.15) is 30.4 Å². The van der Waals surface area contributed by atoms with E-state index < -0.39 is 72.6 Å². The number of aromatic nitrogens is 1. The SMILES string of the molecule is NC(=O)CC(N)C(=O)NC(Cc1c[nH]c2ccccc12)C(=O)NC(CCC(=O)O)C(=O)NC(Cc1ccccc1)C(=O)O. The lowest BCUT2D eigenvalue weighted by atomic mass is 10.0. The third-order valence-corrected chi connectivity index (χ3v) is 6.67. The van der Waals surface area contributed by atoms with Crippen LogP contribution in [0.25, 0.3) is 10.9 Å². The first kappa shape index (κ1) is 32.3. The zero-order chi connectivity index (χ0) is 31.5. The van der Waals surface area contributed by atoms with Crippen molar-refractivity contribution in [3.05, 3.63) is 71.9 Å². The molecule has 3 rings (SSSR count). The minimum atomic E-state index is -1.46. The summed E-state index contributed by atoms with van der Waals surface area (Å²) < 4.78 is 0. The number of hydrogen-bond acceptors (Lipinski definition) is 7. The lowest BCUT2D eigenvalue weighted by Gasteiger charge is -2.25. The van der Waals surface area contributed by atoms with Crippen molar-refractivity contribution in [2.45, 2.75) is 56.3 Å². The van der Waals surface area contributed by atoms with Gasteiger partial charge in [0.05, 0.1) is 12.5 Å². The topological polar surface area (TPSA) is 247 Å². The molecule has 4 amide bonds. The van der Waals surface area contributed by atoms with E-state index in [1.807, 2.05) is 12.1 Å². The molecule has 3 aromatic rings. The van der Waals surface area contributed by atoms with Crippen molar-refractivity contribution < 1.29 is 39.0 Å². The monoisotopic (exact) mass is 594 g/mol. The number of aromatic amines is 1. The van der Waals surface area contributed by atoms with Crippen LogP contribution < -0.4 is 27.4 Å². The van der Waals surface area contributed by atoms with Gasteiger partial charge in [-0.1, -0.05) is 48.5 Å². The predicted octanol–water partition coefficient (Wildman–Crippen LogP) is -0.440. The van der Waals surface area contributed by atoms with Gasteiger partial charge in [0.25, 0.3) is 0 Å². The van der Waals surface area contributed by atoms with Crippen LogP contribution in [0, 0.1) is 0 Å². The van der Waals surface area contributed by atoms with Crippen molar-refractivity contribution in [2.75, 3.05) is 0 Å². The molecule has 0 bridgehead atoms. The summed E-state index contributed by atoms with van der Waals surface area (Å²) in [5.41, 5.74) is 13.0. The van der Waals surface area contributed by atoms with Gasteiger partial charge in [-0.15, -0.1) is 0 Å². The highest BCUT2D eigenvalue weighted by Crippen LogP contribution is 2.19. The van der Waals surface area contributed by atoms with Gasteiger partial charge in [0.2, 0.25) is 23.6 Å². The third kappa shape index (κ3) is 9.67. The average molecular weight is 595 g/mol. The summed E-state index contributed by atoms with van der Waals surface area (Å²) in [4.78, 5) is 77.1. The lowest BCUT2D eigenvalue weighted by Crippen LogP contribution is -2.58. The van der Waals surface area contributed by atoms with Crippen molar-refractivity contribution in [1.82, 2.24) is 20.9 Å². The average Bonchev–Trinajstić information content (AvgIpc) is 3.37. The predicted molar refractivity (Wildman–Crippen MR) is 154 cm³/mol. The quantitative estimate of drug-likeness (QED) is 0.107. The Morgan fingerprint density at radius 3 is 2.02 bits per heavy atom. The number of nitrogens with one attached hydrogen (secondary N) is 4. The number of carboxylic acid groups (broad SMARTS) is 2. The first-order valence-electron chi connectivity index (χ1n) is 13.4. The molecular weight excluding hydrogens is 560 g/mol. The maximum Gasteiger partial charge on any atom is 0.326 e. The number of carboxylic acids is 2. The summed E-state index contributed by atoms with van der Waals surface area (Å²) in [6, 6.07) is 10.3. The molecule has 1 aromatic heterocycles. The van der Waals surface area contributed by atoms with Crippen LogP contribution in [-0.2, 0) is 41.6 Å². The minimum Gasteiger partial charge on any atom is -0.481 e. The molecular formula is C29H34N6O8. The second-order valence-corrected chi connectivity index (χ2v) is 9.98. The van der Waals surface area contributed by atoms with Crippen LogP contribution in [-0.4, -0.2) is 74.9 Å². The van der Waals surface area contributed by atoms with Gasteiger partial charge >= 0.3 is 11.9 Å². The molecule has 0 aliphatic heterocycles. The van der Waals surface area contributed by atoms with Crippen molar-refractivity contribution in [2.24, 2.45) is 11.5 Å². The summed E-state index contributed by atoms with van der Waals surface area (Å²) in [5.74, 6) is -6.01. The maximum absolute atomic E-state index is 13.5. The number of hydrogen-bond donors (Lipinski definition) is 8. The molecule has 228 valence electrons. The highest BCUT2D eigenvalue weighted by Gasteiger charge is 2.31. The fourth-order valence-electron chi connectivity index (χ4n) is 4.45. The van der Waals surface area contributed by atoms with Gasteiger partial charge in [0, 0.05) is 36.4 Å². The Bertz CT molecular complexity index is 1470. The van der Waals surface area contributed by atoms with Crippen molar-refractivity contribution in [3.8, 4) is 0 Å². The van der Waals surface area contributed by atoms with Gasteiger partial charge in [0.1, 0.15) is 18.1 Å². The zero-order valence-corrected chi connectivity index (χ0v) is 23.1. The molecule has 1 heterocycles. The van der Waals surface area contributed by atoms with Gasteiger partial charge in [0.15, 0.2) is 0 Å². The van der Waals surface area contributed by atoms with Gasteiger partial charge in [-0.05, 0) is 23.6 Å². The second kappa shape index (κ2) is 15.1. The number of carbonyl (C=O) groups excluding carboxylic acids is 4. The second-order valence-electron chi connectivity index (χ2n) is 9.98. The maximum atomic E-state index is 13.5. The number of para-hydroxylation sites is 1. The van der Waals surface area contributed by atoms with Gasteiger partial charge in [-0.25, -0.2) is 4.79 Å². The molecule has 0 spiro atoms. The van der Waals surface area contributed by atoms with Crippen molar-refractivity contribution in [1.29, 1.82) is 0 Å². The number of primary amides is 1. The minimum absolute atomic E-state index is 0.0570. The summed E-state index contributed by atoms with van der Waals surface area (Å²) in [6.07, 6.45) is 0.171. The normalized spacial score (nSPS) is 13.7. The van der Waals surface area contributed by atoms with Crippen LogP contribution in [0.15, 0.2) is 60.8 Å². The molecule has 4 unspecified atom stereocenters. The van der Waals surface area contributed by atoms with Gasteiger partial charge in [-0.2, -0.15) is 0 Å². The van der Waals surface area contributed by atoms with Crippen LogP contribution >= 0.6 is 0 Å². The Morgan fingerprint density at radius 2 is 1.37 bits per heavy atom. The number of carbonyl (C=O) groups is 6. The number of amides is 4. The molecule has 2 aromatic carbocycles. The highest BCUT2D eigenvalue weighted by molar-refractivity contribution is 5.96. The van der Waals surface area contributed by atoms with E-state index in [0.717, 1.165) is 10.9 Å². The molecule has 0 fully saturated rings. The van der Waals surface area contributed by atoms with E-state index >= 15 is 0 Å². The Balaban J connectivity index is 1.84. The number of benzene rings is 2. The number of rotatable bonds is 16. The van der Waals surface area contributed by atoms with Crippen LogP contribution in [0.3, 0.4) is 0 Å². The van der Waals surface area contributed by atoms with Crippen molar-refractivity contribution >= 4 is 46.5 Å². The Labute approximate surface area is 246 Å².